The molecule has 0 fully saturated rings. The number of phenols is 2. The van der Waals surface area contributed by atoms with Gasteiger partial charge in [-0.3, -0.25) is 0 Å². The van der Waals surface area contributed by atoms with Crippen molar-refractivity contribution in [3.05, 3.63) is 107 Å². The molecule has 0 unspecified atom stereocenters. The molecule has 4 heteroatoms. The Labute approximate surface area is 175 Å². The van der Waals surface area contributed by atoms with E-state index in [1.807, 2.05) is 42.5 Å². The van der Waals surface area contributed by atoms with Gasteiger partial charge in [-0.05, 0) is 64.1 Å². The molecule has 0 aliphatic heterocycles. The van der Waals surface area contributed by atoms with E-state index in [0.29, 0.717) is 17.8 Å². The van der Waals surface area contributed by atoms with E-state index in [9.17, 15) is 10.2 Å². The Morgan fingerprint density at radius 3 is 1.77 bits per heavy atom. The van der Waals surface area contributed by atoms with Crippen molar-refractivity contribution >= 4 is 11.4 Å². The van der Waals surface area contributed by atoms with E-state index in [1.165, 1.54) is 11.1 Å². The largest absolute Gasteiger partial charge is 0.506 e. The number of benzene rings is 4. The van der Waals surface area contributed by atoms with Crippen LogP contribution in [-0.4, -0.2) is 10.2 Å². The highest BCUT2D eigenvalue weighted by Gasteiger charge is 2.42. The van der Waals surface area contributed by atoms with Gasteiger partial charge >= 0.3 is 0 Å². The van der Waals surface area contributed by atoms with Crippen molar-refractivity contribution in [3.63, 3.8) is 0 Å². The number of aromatic hydroxyl groups is 2. The lowest BCUT2D eigenvalue weighted by atomic mass is 9.61. The highest BCUT2D eigenvalue weighted by molar-refractivity contribution is 5.79. The summed E-state index contributed by atoms with van der Waals surface area (Å²) in [6, 6.07) is 27.5. The Morgan fingerprint density at radius 2 is 1.17 bits per heavy atom. The number of fused-ring (bicyclic) bond motifs is 3. The molecule has 0 amide bonds. The van der Waals surface area contributed by atoms with Gasteiger partial charge < -0.3 is 21.7 Å². The minimum absolute atomic E-state index is 0.0589. The topological polar surface area (TPSA) is 92.5 Å². The van der Waals surface area contributed by atoms with Gasteiger partial charge in [-0.25, -0.2) is 0 Å². The maximum atomic E-state index is 10.1. The normalized spacial score (nSPS) is 14.0. The van der Waals surface area contributed by atoms with Gasteiger partial charge in [0.05, 0.1) is 11.4 Å². The van der Waals surface area contributed by atoms with Crippen LogP contribution in [0.1, 0.15) is 22.3 Å². The number of nitrogens with two attached hydrogens (primary N) is 2. The van der Waals surface area contributed by atoms with Crippen LogP contribution in [0, 0.1) is 0 Å². The first-order chi connectivity index (χ1) is 14.5. The lowest BCUT2D eigenvalue weighted by Gasteiger charge is -2.41. The van der Waals surface area contributed by atoms with E-state index in [-0.39, 0.29) is 11.5 Å². The molecule has 5 rings (SSSR count). The third-order valence-electron chi connectivity index (χ3n) is 6.19. The Bertz CT molecular complexity index is 1230. The molecule has 4 aromatic rings. The number of hydrogen-bond acceptors (Lipinski definition) is 4. The van der Waals surface area contributed by atoms with Gasteiger partial charge in [0.25, 0.3) is 0 Å². The molecule has 0 atom stereocenters. The van der Waals surface area contributed by atoms with E-state index in [2.05, 4.69) is 30.3 Å². The minimum atomic E-state index is -0.575. The first-order valence-electron chi connectivity index (χ1n) is 9.86. The van der Waals surface area contributed by atoms with Crippen molar-refractivity contribution in [1.29, 1.82) is 0 Å². The van der Waals surface area contributed by atoms with Crippen LogP contribution in [0.5, 0.6) is 11.5 Å². The zero-order valence-electron chi connectivity index (χ0n) is 16.3. The third-order valence-corrected chi connectivity index (χ3v) is 6.19. The van der Waals surface area contributed by atoms with Crippen LogP contribution in [0.25, 0.3) is 11.1 Å². The summed E-state index contributed by atoms with van der Waals surface area (Å²) < 4.78 is 0. The van der Waals surface area contributed by atoms with Gasteiger partial charge in [0.1, 0.15) is 11.5 Å². The molecule has 1 aliphatic rings. The smallest absolute Gasteiger partial charge is 0.138 e. The first-order valence-corrected chi connectivity index (χ1v) is 9.86. The van der Waals surface area contributed by atoms with Crippen molar-refractivity contribution in [2.75, 3.05) is 11.5 Å². The second-order valence-corrected chi connectivity index (χ2v) is 7.83. The van der Waals surface area contributed by atoms with Gasteiger partial charge in [0, 0.05) is 5.41 Å². The summed E-state index contributed by atoms with van der Waals surface area (Å²) in [4.78, 5) is 0. The average molecular weight is 394 g/mol. The zero-order chi connectivity index (χ0) is 20.9. The molecule has 0 spiro atoms. The van der Waals surface area contributed by atoms with E-state index in [4.69, 9.17) is 11.5 Å². The lowest BCUT2D eigenvalue weighted by Crippen LogP contribution is -2.35. The predicted octanol–water partition coefficient (Wildman–Crippen LogP) is 4.82. The average Bonchev–Trinajstić information content (AvgIpc) is 2.77. The highest BCUT2D eigenvalue weighted by atomic mass is 16.3. The molecule has 0 aromatic heterocycles. The molecule has 0 saturated heterocycles. The quantitative estimate of drug-likeness (QED) is 0.290. The molecule has 148 valence electrons. The Hall–Kier alpha value is -3.92. The summed E-state index contributed by atoms with van der Waals surface area (Å²) in [5, 5.41) is 20.1. The SMILES string of the molecule is Nc1cc(C2(c3ccc(O)c(N)c3)Cc3ccccc3-c3ccccc32)ccc1O. The standard InChI is InChI=1S/C26H22N2O2/c27-22-13-17(9-11-24(22)29)26(18-10-12-25(30)23(28)14-18)15-16-5-1-2-6-19(16)20-7-3-4-8-21(20)26/h1-14,29-30H,15,27-28H2. The number of anilines is 2. The zero-order valence-corrected chi connectivity index (χ0v) is 16.3. The van der Waals surface area contributed by atoms with Gasteiger partial charge in [0.2, 0.25) is 0 Å². The molecule has 1 aliphatic carbocycles. The van der Waals surface area contributed by atoms with E-state index >= 15 is 0 Å². The van der Waals surface area contributed by atoms with Crippen molar-refractivity contribution < 1.29 is 10.2 Å². The van der Waals surface area contributed by atoms with Gasteiger partial charge in [0.15, 0.2) is 0 Å². The lowest BCUT2D eigenvalue weighted by molar-refractivity contribution is 0.476. The van der Waals surface area contributed by atoms with Gasteiger partial charge in [-0.1, -0.05) is 60.7 Å². The summed E-state index contributed by atoms with van der Waals surface area (Å²) in [7, 11) is 0. The number of nitrogen functional groups attached to an aromatic ring is 2. The highest BCUT2D eigenvalue weighted by Crippen LogP contribution is 2.51. The molecule has 6 N–H and O–H groups in total. The Kier molecular flexibility index (Phi) is 3.97. The predicted molar refractivity (Wildman–Crippen MR) is 121 cm³/mol. The fourth-order valence-corrected chi connectivity index (χ4v) is 4.73. The van der Waals surface area contributed by atoms with Crippen LogP contribution in [0.15, 0.2) is 84.9 Å². The van der Waals surface area contributed by atoms with E-state index < -0.39 is 5.41 Å². The molecule has 4 aromatic carbocycles. The molecule has 30 heavy (non-hydrogen) atoms. The molecule has 0 heterocycles. The number of hydrogen-bond donors (Lipinski definition) is 4. The van der Waals surface area contributed by atoms with E-state index in [0.717, 1.165) is 22.3 Å². The van der Waals surface area contributed by atoms with Crippen molar-refractivity contribution in [3.8, 4) is 22.6 Å². The van der Waals surface area contributed by atoms with Crippen LogP contribution >= 0.6 is 0 Å². The van der Waals surface area contributed by atoms with Crippen molar-refractivity contribution in [1.82, 2.24) is 0 Å². The summed E-state index contributed by atoms with van der Waals surface area (Å²) in [6.45, 7) is 0. The third kappa shape index (κ3) is 2.54. The number of phenolic OH excluding ortho intramolecular Hbond substituents is 2. The van der Waals surface area contributed by atoms with Crippen LogP contribution in [-0.2, 0) is 11.8 Å². The van der Waals surface area contributed by atoms with Crippen LogP contribution in [0.3, 0.4) is 0 Å². The van der Waals surface area contributed by atoms with Gasteiger partial charge in [-0.2, -0.15) is 0 Å². The molecular weight excluding hydrogens is 372 g/mol. The summed E-state index contributed by atoms with van der Waals surface area (Å²) in [5.41, 5.74) is 19.0. The molecule has 0 saturated carbocycles. The second kappa shape index (κ2) is 6.56. The second-order valence-electron chi connectivity index (χ2n) is 7.83. The molecular formula is C26H22N2O2. The molecule has 0 bridgehead atoms. The first kappa shape index (κ1) is 18.1. The van der Waals surface area contributed by atoms with Crippen LogP contribution in [0.2, 0.25) is 0 Å². The number of rotatable bonds is 2. The monoisotopic (exact) mass is 394 g/mol. The maximum Gasteiger partial charge on any atom is 0.138 e. The van der Waals surface area contributed by atoms with Crippen LogP contribution < -0.4 is 11.5 Å². The molecule has 0 radical (unpaired) electrons. The summed E-state index contributed by atoms with van der Waals surface area (Å²) >= 11 is 0. The Morgan fingerprint density at radius 1 is 0.633 bits per heavy atom. The summed E-state index contributed by atoms with van der Waals surface area (Å²) in [6.07, 6.45) is 0.703. The molecule has 4 nitrogen and oxygen atoms in total. The van der Waals surface area contributed by atoms with Crippen molar-refractivity contribution in [2.24, 2.45) is 0 Å². The van der Waals surface area contributed by atoms with Crippen LogP contribution in [0.4, 0.5) is 11.4 Å². The van der Waals surface area contributed by atoms with E-state index in [1.54, 1.807) is 12.1 Å². The maximum absolute atomic E-state index is 10.1. The van der Waals surface area contributed by atoms with Crippen molar-refractivity contribution in [2.45, 2.75) is 11.8 Å². The fraction of sp³-hybridized carbons (Fsp3) is 0.0769. The Balaban J connectivity index is 1.90. The summed E-state index contributed by atoms with van der Waals surface area (Å²) in [5.74, 6) is 0.118. The van der Waals surface area contributed by atoms with Gasteiger partial charge in [-0.15, -0.1) is 0 Å². The fourth-order valence-electron chi connectivity index (χ4n) is 4.73. The minimum Gasteiger partial charge on any atom is -0.506 e.